The third-order valence-electron chi connectivity index (χ3n) is 3.49. The van der Waals surface area contributed by atoms with Crippen LogP contribution in [-0.2, 0) is 6.42 Å². The second kappa shape index (κ2) is 6.25. The van der Waals surface area contributed by atoms with Crippen molar-refractivity contribution >= 4 is 5.69 Å². The van der Waals surface area contributed by atoms with Crippen LogP contribution in [-0.4, -0.2) is 14.1 Å². The van der Waals surface area contributed by atoms with Gasteiger partial charge in [-0.2, -0.15) is 5.26 Å². The van der Waals surface area contributed by atoms with Crippen molar-refractivity contribution in [2.24, 2.45) is 0 Å². The van der Waals surface area contributed by atoms with Gasteiger partial charge in [-0.25, -0.2) is 0 Å². The van der Waals surface area contributed by atoms with E-state index in [9.17, 15) is 5.26 Å². The Morgan fingerprint density at radius 2 is 1.80 bits per heavy atom. The molecule has 0 aliphatic carbocycles. The molecule has 0 spiro atoms. The van der Waals surface area contributed by atoms with Gasteiger partial charge >= 0.3 is 0 Å². The lowest BCUT2D eigenvalue weighted by Crippen LogP contribution is -2.08. The van der Waals surface area contributed by atoms with Gasteiger partial charge in [0.05, 0.1) is 12.0 Å². The molecule has 0 bridgehead atoms. The SMILES string of the molecule is Cc1cccc(C(C#N)Cc2ccc(N(C)C)cc2)c1. The van der Waals surface area contributed by atoms with E-state index < -0.39 is 0 Å². The predicted molar refractivity (Wildman–Crippen MR) is 84.0 cm³/mol. The molecule has 0 heterocycles. The van der Waals surface area contributed by atoms with Gasteiger partial charge in [-0.3, -0.25) is 0 Å². The molecule has 20 heavy (non-hydrogen) atoms. The Morgan fingerprint density at radius 3 is 2.35 bits per heavy atom. The summed E-state index contributed by atoms with van der Waals surface area (Å²) in [6, 6.07) is 19.0. The highest BCUT2D eigenvalue weighted by Crippen LogP contribution is 2.22. The number of rotatable bonds is 4. The fourth-order valence-corrected chi connectivity index (χ4v) is 2.29. The molecule has 0 aliphatic heterocycles. The van der Waals surface area contributed by atoms with Gasteiger partial charge in [0.15, 0.2) is 0 Å². The van der Waals surface area contributed by atoms with Crippen LogP contribution >= 0.6 is 0 Å². The van der Waals surface area contributed by atoms with E-state index in [-0.39, 0.29) is 5.92 Å². The summed E-state index contributed by atoms with van der Waals surface area (Å²) in [4.78, 5) is 2.08. The maximum Gasteiger partial charge on any atom is 0.0753 e. The van der Waals surface area contributed by atoms with E-state index in [0.717, 1.165) is 12.0 Å². The van der Waals surface area contributed by atoms with Crippen LogP contribution in [0.2, 0.25) is 0 Å². The molecule has 1 unspecified atom stereocenters. The summed E-state index contributed by atoms with van der Waals surface area (Å²) in [5.41, 5.74) is 4.68. The largest absolute Gasteiger partial charge is 0.378 e. The van der Waals surface area contributed by atoms with E-state index in [2.05, 4.69) is 54.3 Å². The van der Waals surface area contributed by atoms with E-state index >= 15 is 0 Å². The lowest BCUT2D eigenvalue weighted by Gasteiger charge is -2.14. The number of anilines is 1. The monoisotopic (exact) mass is 264 g/mol. The molecule has 2 aromatic carbocycles. The Balaban J connectivity index is 2.16. The van der Waals surface area contributed by atoms with Crippen molar-refractivity contribution < 1.29 is 0 Å². The second-order valence-electron chi connectivity index (χ2n) is 5.36. The van der Waals surface area contributed by atoms with E-state index in [1.54, 1.807) is 0 Å². The van der Waals surface area contributed by atoms with Gasteiger partial charge < -0.3 is 4.90 Å². The molecule has 2 nitrogen and oxygen atoms in total. The average molecular weight is 264 g/mol. The Kier molecular flexibility index (Phi) is 4.42. The summed E-state index contributed by atoms with van der Waals surface area (Å²) in [7, 11) is 4.06. The molecule has 0 radical (unpaired) electrons. The van der Waals surface area contributed by atoms with E-state index in [0.29, 0.717) is 0 Å². The maximum atomic E-state index is 9.42. The number of nitrogens with zero attached hydrogens (tertiary/aromatic N) is 2. The van der Waals surface area contributed by atoms with Crippen molar-refractivity contribution in [3.05, 3.63) is 65.2 Å². The van der Waals surface area contributed by atoms with Gasteiger partial charge in [0.1, 0.15) is 0 Å². The average Bonchev–Trinajstić information content (AvgIpc) is 2.45. The molecular weight excluding hydrogens is 244 g/mol. The quantitative estimate of drug-likeness (QED) is 0.837. The molecule has 0 saturated carbocycles. The lowest BCUT2D eigenvalue weighted by molar-refractivity contribution is 0.847. The summed E-state index contributed by atoms with van der Waals surface area (Å²) in [6.07, 6.45) is 0.758. The normalized spacial score (nSPS) is 11.7. The molecule has 2 aromatic rings. The van der Waals surface area contributed by atoms with Crippen molar-refractivity contribution in [3.8, 4) is 6.07 Å². The fraction of sp³-hybridized carbons (Fsp3) is 0.278. The topological polar surface area (TPSA) is 27.0 Å². The number of benzene rings is 2. The Morgan fingerprint density at radius 1 is 1.10 bits per heavy atom. The summed E-state index contributed by atoms with van der Waals surface area (Å²) < 4.78 is 0. The molecule has 0 aliphatic rings. The van der Waals surface area contributed by atoms with Crippen molar-refractivity contribution in [2.45, 2.75) is 19.3 Å². The summed E-state index contributed by atoms with van der Waals surface area (Å²) in [6.45, 7) is 2.06. The highest BCUT2D eigenvalue weighted by Gasteiger charge is 2.11. The number of aryl methyl sites for hydroxylation is 1. The molecule has 102 valence electrons. The van der Waals surface area contributed by atoms with E-state index in [4.69, 9.17) is 0 Å². The third-order valence-corrected chi connectivity index (χ3v) is 3.49. The number of hydrogen-bond acceptors (Lipinski definition) is 2. The Bertz CT molecular complexity index is 606. The summed E-state index contributed by atoms with van der Waals surface area (Å²) in [5.74, 6) is -0.0832. The van der Waals surface area contributed by atoms with Gasteiger partial charge in [0.2, 0.25) is 0 Å². The van der Waals surface area contributed by atoms with Crippen LogP contribution in [0.5, 0.6) is 0 Å². The molecule has 2 heteroatoms. The zero-order valence-electron chi connectivity index (χ0n) is 12.3. The third kappa shape index (κ3) is 3.39. The van der Waals surface area contributed by atoms with Crippen LogP contribution in [0.4, 0.5) is 5.69 Å². The van der Waals surface area contributed by atoms with Crippen LogP contribution < -0.4 is 4.90 Å². The van der Waals surface area contributed by atoms with Gasteiger partial charge in [-0.05, 0) is 36.6 Å². The summed E-state index contributed by atoms with van der Waals surface area (Å²) in [5, 5.41) is 9.42. The zero-order chi connectivity index (χ0) is 14.5. The van der Waals surface area contributed by atoms with E-state index in [1.807, 2.05) is 26.2 Å². The predicted octanol–water partition coefficient (Wildman–Crippen LogP) is 3.91. The standard InChI is InChI=1S/C18H20N2/c1-14-5-4-6-16(11-14)17(13-19)12-15-7-9-18(10-8-15)20(2)3/h4-11,17H,12H2,1-3H3. The minimum Gasteiger partial charge on any atom is -0.378 e. The minimum absolute atomic E-state index is 0.0832. The number of hydrogen-bond donors (Lipinski definition) is 0. The van der Waals surface area contributed by atoms with Crippen LogP contribution in [0.25, 0.3) is 0 Å². The van der Waals surface area contributed by atoms with Crippen molar-refractivity contribution in [2.75, 3.05) is 19.0 Å². The molecule has 0 aromatic heterocycles. The van der Waals surface area contributed by atoms with Gasteiger partial charge in [-0.1, -0.05) is 42.0 Å². The lowest BCUT2D eigenvalue weighted by atomic mass is 9.92. The van der Waals surface area contributed by atoms with Crippen LogP contribution in [0.1, 0.15) is 22.6 Å². The first-order chi connectivity index (χ1) is 9.60. The minimum atomic E-state index is -0.0832. The molecular formula is C18H20N2. The fourth-order valence-electron chi connectivity index (χ4n) is 2.29. The summed E-state index contributed by atoms with van der Waals surface area (Å²) >= 11 is 0. The first-order valence-corrected chi connectivity index (χ1v) is 6.82. The zero-order valence-corrected chi connectivity index (χ0v) is 12.3. The maximum absolute atomic E-state index is 9.42. The van der Waals surface area contributed by atoms with Crippen molar-refractivity contribution in [1.82, 2.24) is 0 Å². The van der Waals surface area contributed by atoms with Crippen LogP contribution in [0.15, 0.2) is 48.5 Å². The van der Waals surface area contributed by atoms with Crippen LogP contribution in [0, 0.1) is 18.3 Å². The van der Waals surface area contributed by atoms with Crippen molar-refractivity contribution in [1.29, 1.82) is 5.26 Å². The Hall–Kier alpha value is -2.27. The molecule has 0 N–H and O–H groups in total. The number of nitriles is 1. The molecule has 1 atom stereocenters. The highest BCUT2D eigenvalue weighted by molar-refractivity contribution is 5.46. The van der Waals surface area contributed by atoms with Crippen molar-refractivity contribution in [3.63, 3.8) is 0 Å². The van der Waals surface area contributed by atoms with Gasteiger partial charge in [0.25, 0.3) is 0 Å². The van der Waals surface area contributed by atoms with Gasteiger partial charge in [0, 0.05) is 19.8 Å². The molecule has 2 rings (SSSR count). The first kappa shape index (κ1) is 14.1. The van der Waals surface area contributed by atoms with E-state index in [1.165, 1.54) is 16.8 Å². The van der Waals surface area contributed by atoms with Gasteiger partial charge in [-0.15, -0.1) is 0 Å². The molecule has 0 amide bonds. The van der Waals surface area contributed by atoms with Crippen LogP contribution in [0.3, 0.4) is 0 Å². The molecule has 0 saturated heterocycles. The second-order valence-corrected chi connectivity index (χ2v) is 5.36. The smallest absolute Gasteiger partial charge is 0.0753 e. The Labute approximate surface area is 121 Å². The molecule has 0 fully saturated rings. The highest BCUT2D eigenvalue weighted by atomic mass is 15.1. The first-order valence-electron chi connectivity index (χ1n) is 6.82.